The topological polar surface area (TPSA) is 25.8 Å². The molecule has 0 spiro atoms. The Kier molecular flexibility index (Phi) is 3.02. The Morgan fingerprint density at radius 1 is 1.12 bits per heavy atom. The summed E-state index contributed by atoms with van der Waals surface area (Å²) in [4.78, 5) is 0. The molecule has 88 valence electrons. The molecule has 0 saturated carbocycles. The molecule has 0 fully saturated rings. The van der Waals surface area contributed by atoms with E-state index in [9.17, 15) is 13.2 Å². The molecule has 0 saturated heterocycles. The second-order valence-corrected chi connectivity index (χ2v) is 3.70. The van der Waals surface area contributed by atoms with Crippen LogP contribution >= 0.6 is 11.6 Å². The van der Waals surface area contributed by atoms with Gasteiger partial charge in [0.1, 0.15) is 0 Å². The van der Waals surface area contributed by atoms with Crippen LogP contribution in [0.5, 0.6) is 0 Å². The molecule has 1 heterocycles. The van der Waals surface area contributed by atoms with Gasteiger partial charge in [0.05, 0.1) is 11.8 Å². The van der Waals surface area contributed by atoms with Crippen molar-refractivity contribution in [2.45, 2.75) is 6.18 Å². The van der Waals surface area contributed by atoms with Gasteiger partial charge in [0, 0.05) is 5.56 Å². The maximum Gasteiger partial charge on any atom is 0.417 e. The molecule has 0 amide bonds. The summed E-state index contributed by atoms with van der Waals surface area (Å²) < 4.78 is 38.3. The van der Waals surface area contributed by atoms with Crippen LogP contribution in [0.1, 0.15) is 5.56 Å². The van der Waals surface area contributed by atoms with E-state index in [1.54, 1.807) is 0 Å². The number of alkyl halides is 3. The van der Waals surface area contributed by atoms with Gasteiger partial charge < -0.3 is 0 Å². The molecule has 2 rings (SSSR count). The highest BCUT2D eigenvalue weighted by Gasteiger charge is 2.33. The van der Waals surface area contributed by atoms with E-state index in [-0.39, 0.29) is 16.3 Å². The number of aromatic nitrogens is 2. The summed E-state index contributed by atoms with van der Waals surface area (Å²) >= 11 is 5.61. The maximum absolute atomic E-state index is 12.8. The van der Waals surface area contributed by atoms with Crippen molar-refractivity contribution in [3.8, 4) is 11.1 Å². The Bertz CT molecular complexity index is 540. The lowest BCUT2D eigenvalue weighted by Crippen LogP contribution is -2.07. The molecule has 6 heteroatoms. The second-order valence-electron chi connectivity index (χ2n) is 3.31. The van der Waals surface area contributed by atoms with E-state index in [1.165, 1.54) is 30.5 Å². The van der Waals surface area contributed by atoms with Crippen LogP contribution in [0.3, 0.4) is 0 Å². The Hall–Kier alpha value is -1.62. The van der Waals surface area contributed by atoms with Gasteiger partial charge in [-0.1, -0.05) is 29.8 Å². The van der Waals surface area contributed by atoms with Crippen molar-refractivity contribution in [1.82, 2.24) is 10.2 Å². The smallest absolute Gasteiger partial charge is 0.166 e. The average molecular weight is 259 g/mol. The summed E-state index contributed by atoms with van der Waals surface area (Å²) in [6.07, 6.45) is -3.16. The second kappa shape index (κ2) is 4.33. The van der Waals surface area contributed by atoms with Gasteiger partial charge in [0.15, 0.2) is 5.15 Å². The summed E-state index contributed by atoms with van der Waals surface area (Å²) in [5.41, 5.74) is -0.390. The molecular weight excluding hydrogens is 253 g/mol. The Morgan fingerprint density at radius 2 is 1.82 bits per heavy atom. The van der Waals surface area contributed by atoms with Crippen LogP contribution in [0.25, 0.3) is 11.1 Å². The fraction of sp³-hybridized carbons (Fsp3) is 0.0909. The molecule has 17 heavy (non-hydrogen) atoms. The molecule has 0 aliphatic carbocycles. The highest BCUT2D eigenvalue weighted by Crippen LogP contribution is 2.36. The first-order valence-electron chi connectivity index (χ1n) is 4.63. The standard InChI is InChI=1S/C11H6ClF3N2/c12-10-5-7(6-16-17-10)8-3-1-2-4-9(8)11(13,14)15/h1-6H. The molecule has 0 N–H and O–H groups in total. The summed E-state index contributed by atoms with van der Waals surface area (Å²) in [5, 5.41) is 7.08. The lowest BCUT2D eigenvalue weighted by molar-refractivity contribution is -0.137. The predicted octanol–water partition coefficient (Wildman–Crippen LogP) is 3.82. The SMILES string of the molecule is FC(F)(F)c1ccccc1-c1cnnc(Cl)c1. The molecule has 1 aromatic heterocycles. The first-order valence-corrected chi connectivity index (χ1v) is 5.01. The van der Waals surface area contributed by atoms with Crippen molar-refractivity contribution < 1.29 is 13.2 Å². The molecular formula is C11H6ClF3N2. The zero-order chi connectivity index (χ0) is 12.5. The third-order valence-corrected chi connectivity index (χ3v) is 2.35. The number of benzene rings is 1. The van der Waals surface area contributed by atoms with Crippen molar-refractivity contribution in [1.29, 1.82) is 0 Å². The van der Waals surface area contributed by atoms with E-state index in [0.29, 0.717) is 0 Å². The van der Waals surface area contributed by atoms with Crippen molar-refractivity contribution in [3.63, 3.8) is 0 Å². The van der Waals surface area contributed by atoms with Gasteiger partial charge in [-0.3, -0.25) is 0 Å². The van der Waals surface area contributed by atoms with Gasteiger partial charge in [0.2, 0.25) is 0 Å². The molecule has 0 atom stereocenters. The predicted molar refractivity (Wildman–Crippen MR) is 57.5 cm³/mol. The first kappa shape index (κ1) is 11.9. The summed E-state index contributed by atoms with van der Waals surface area (Å²) in [5.74, 6) is 0. The Labute approximate surface area is 100 Å². The van der Waals surface area contributed by atoms with E-state index in [4.69, 9.17) is 11.6 Å². The zero-order valence-electron chi connectivity index (χ0n) is 8.37. The van der Waals surface area contributed by atoms with Crippen molar-refractivity contribution in [2.75, 3.05) is 0 Å². The van der Waals surface area contributed by atoms with Crippen LogP contribution in [0, 0.1) is 0 Å². The average Bonchev–Trinajstić information content (AvgIpc) is 2.28. The minimum atomic E-state index is -4.41. The zero-order valence-corrected chi connectivity index (χ0v) is 9.13. The highest BCUT2D eigenvalue weighted by atomic mass is 35.5. The number of hydrogen-bond donors (Lipinski definition) is 0. The van der Waals surface area contributed by atoms with Crippen molar-refractivity contribution in [2.24, 2.45) is 0 Å². The molecule has 0 aliphatic rings. The van der Waals surface area contributed by atoms with E-state index in [1.807, 2.05) is 0 Å². The van der Waals surface area contributed by atoms with Crippen molar-refractivity contribution >= 4 is 11.6 Å². The number of nitrogens with zero attached hydrogens (tertiary/aromatic N) is 2. The van der Waals surface area contributed by atoms with Gasteiger partial charge >= 0.3 is 6.18 Å². The molecule has 0 radical (unpaired) electrons. The first-order chi connectivity index (χ1) is 7.98. The largest absolute Gasteiger partial charge is 0.417 e. The summed E-state index contributed by atoms with van der Waals surface area (Å²) in [6, 6.07) is 6.60. The lowest BCUT2D eigenvalue weighted by Gasteiger charge is -2.12. The maximum atomic E-state index is 12.8. The van der Waals surface area contributed by atoms with Crippen LogP contribution in [0.4, 0.5) is 13.2 Å². The van der Waals surface area contributed by atoms with Crippen LogP contribution < -0.4 is 0 Å². The summed E-state index contributed by atoms with van der Waals surface area (Å²) in [7, 11) is 0. The van der Waals surface area contributed by atoms with E-state index >= 15 is 0 Å². The monoisotopic (exact) mass is 258 g/mol. The minimum Gasteiger partial charge on any atom is -0.166 e. The van der Waals surface area contributed by atoms with Crippen molar-refractivity contribution in [3.05, 3.63) is 47.2 Å². The van der Waals surface area contributed by atoms with Gasteiger partial charge in [0.25, 0.3) is 0 Å². The summed E-state index contributed by atoms with van der Waals surface area (Å²) in [6.45, 7) is 0. The molecule has 2 nitrogen and oxygen atoms in total. The molecule has 0 aliphatic heterocycles. The minimum absolute atomic E-state index is 0.0387. The highest BCUT2D eigenvalue weighted by molar-refractivity contribution is 6.29. The lowest BCUT2D eigenvalue weighted by atomic mass is 10.0. The Morgan fingerprint density at radius 3 is 2.47 bits per heavy atom. The number of rotatable bonds is 1. The third kappa shape index (κ3) is 2.55. The molecule has 0 bridgehead atoms. The Balaban J connectivity index is 2.60. The normalized spacial score (nSPS) is 11.5. The third-order valence-electron chi connectivity index (χ3n) is 2.17. The van der Waals surface area contributed by atoms with Crippen LogP contribution in [-0.4, -0.2) is 10.2 Å². The van der Waals surface area contributed by atoms with Gasteiger partial charge in [-0.2, -0.15) is 18.3 Å². The molecule has 0 unspecified atom stereocenters. The van der Waals surface area contributed by atoms with Gasteiger partial charge in [-0.25, -0.2) is 0 Å². The van der Waals surface area contributed by atoms with E-state index in [0.717, 1.165) is 6.07 Å². The number of halogens is 4. The fourth-order valence-corrected chi connectivity index (χ4v) is 1.63. The molecule has 1 aromatic carbocycles. The van der Waals surface area contributed by atoms with Gasteiger partial charge in [-0.15, -0.1) is 5.10 Å². The quantitative estimate of drug-likeness (QED) is 0.777. The van der Waals surface area contributed by atoms with Gasteiger partial charge in [-0.05, 0) is 17.7 Å². The van der Waals surface area contributed by atoms with Crippen LogP contribution in [0.15, 0.2) is 36.5 Å². The molecule has 2 aromatic rings. The van der Waals surface area contributed by atoms with Crippen LogP contribution in [0.2, 0.25) is 5.15 Å². The van der Waals surface area contributed by atoms with E-state index in [2.05, 4.69) is 10.2 Å². The van der Waals surface area contributed by atoms with E-state index < -0.39 is 11.7 Å². The fourth-order valence-electron chi connectivity index (χ4n) is 1.47. The van der Waals surface area contributed by atoms with Crippen LogP contribution in [-0.2, 0) is 6.18 Å². The number of hydrogen-bond acceptors (Lipinski definition) is 2.